The fourth-order valence-electron chi connectivity index (χ4n) is 2.93. The summed E-state index contributed by atoms with van der Waals surface area (Å²) >= 11 is 0. The van der Waals surface area contributed by atoms with Crippen LogP contribution in [0.1, 0.15) is 31.4 Å². The molecule has 1 aliphatic heterocycles. The quantitative estimate of drug-likeness (QED) is 0.861. The molecule has 0 spiro atoms. The molecule has 136 valence electrons. The van der Waals surface area contributed by atoms with Crippen LogP contribution in [0.25, 0.3) is 0 Å². The molecule has 0 saturated carbocycles. The maximum absolute atomic E-state index is 12.6. The lowest BCUT2D eigenvalue weighted by Crippen LogP contribution is -2.45. The Labute approximate surface area is 154 Å². The summed E-state index contributed by atoms with van der Waals surface area (Å²) in [5.41, 5.74) is 3.09. The molecule has 2 aromatic rings. The summed E-state index contributed by atoms with van der Waals surface area (Å²) in [6.07, 6.45) is 0.566. The zero-order chi connectivity index (χ0) is 18.4. The summed E-state index contributed by atoms with van der Waals surface area (Å²) in [7, 11) is 0. The number of carbonyl (C=O) groups excluding carboxylic acids is 1. The van der Waals surface area contributed by atoms with Crippen LogP contribution in [0.3, 0.4) is 0 Å². The zero-order valence-corrected chi connectivity index (χ0v) is 15.3. The van der Waals surface area contributed by atoms with Gasteiger partial charge in [-0.25, -0.2) is 4.79 Å². The van der Waals surface area contributed by atoms with E-state index < -0.39 is 0 Å². The van der Waals surface area contributed by atoms with Crippen LogP contribution in [0.4, 0.5) is 4.79 Å². The van der Waals surface area contributed by atoms with E-state index in [9.17, 15) is 4.79 Å². The van der Waals surface area contributed by atoms with Gasteiger partial charge in [-0.15, -0.1) is 0 Å². The van der Waals surface area contributed by atoms with Crippen molar-refractivity contribution >= 4 is 11.7 Å². The van der Waals surface area contributed by atoms with Gasteiger partial charge in [-0.1, -0.05) is 65.8 Å². The average Bonchev–Trinajstić information content (AvgIpc) is 3.11. The number of hydrogen-bond acceptors (Lipinski definition) is 3. The largest absolute Gasteiger partial charge is 0.390 e. The van der Waals surface area contributed by atoms with Crippen molar-refractivity contribution in [2.24, 2.45) is 5.16 Å². The molecule has 1 heterocycles. The lowest BCUT2D eigenvalue weighted by Gasteiger charge is -2.26. The maximum atomic E-state index is 12.6. The summed E-state index contributed by atoms with van der Waals surface area (Å²) in [5, 5.41) is 7.20. The van der Waals surface area contributed by atoms with Crippen LogP contribution in [0.15, 0.2) is 65.8 Å². The number of nitrogens with one attached hydrogen (secondary N) is 1. The van der Waals surface area contributed by atoms with Crippen LogP contribution in [0.5, 0.6) is 0 Å². The van der Waals surface area contributed by atoms with E-state index in [1.807, 2.05) is 74.5 Å². The molecule has 0 bridgehead atoms. The van der Waals surface area contributed by atoms with E-state index in [1.165, 1.54) is 0 Å². The van der Waals surface area contributed by atoms with Gasteiger partial charge in [0.1, 0.15) is 0 Å². The van der Waals surface area contributed by atoms with Crippen LogP contribution in [0.2, 0.25) is 0 Å². The summed E-state index contributed by atoms with van der Waals surface area (Å²) in [6, 6.07) is 20.0. The molecule has 1 aliphatic rings. The van der Waals surface area contributed by atoms with Crippen LogP contribution in [-0.4, -0.2) is 35.3 Å². The van der Waals surface area contributed by atoms with Gasteiger partial charge in [0, 0.05) is 19.0 Å². The zero-order valence-electron chi connectivity index (χ0n) is 15.3. The Bertz CT molecular complexity index is 744. The van der Waals surface area contributed by atoms with Crippen molar-refractivity contribution in [3.8, 4) is 0 Å². The summed E-state index contributed by atoms with van der Waals surface area (Å²) in [6.45, 7) is 4.95. The van der Waals surface area contributed by atoms with E-state index in [0.29, 0.717) is 19.5 Å². The van der Waals surface area contributed by atoms with Gasteiger partial charge < -0.3 is 15.1 Å². The fraction of sp³-hybridized carbons (Fsp3) is 0.333. The first-order chi connectivity index (χ1) is 12.6. The number of rotatable bonds is 6. The molecule has 2 amide bonds. The molecular formula is C21H25N3O2. The first-order valence-corrected chi connectivity index (χ1v) is 8.99. The molecule has 3 rings (SSSR count). The smallest absolute Gasteiger partial charge is 0.318 e. The van der Waals surface area contributed by atoms with Crippen LogP contribution < -0.4 is 5.32 Å². The number of carbonyl (C=O) groups is 1. The second-order valence-electron chi connectivity index (χ2n) is 6.81. The minimum atomic E-state index is -0.133. The topological polar surface area (TPSA) is 53.9 Å². The molecule has 2 aromatic carbocycles. The summed E-state index contributed by atoms with van der Waals surface area (Å²) in [5.74, 6) is 0. The predicted molar refractivity (Wildman–Crippen MR) is 103 cm³/mol. The second-order valence-corrected chi connectivity index (χ2v) is 6.81. The number of hydrogen-bond donors (Lipinski definition) is 1. The minimum Gasteiger partial charge on any atom is -0.390 e. The van der Waals surface area contributed by atoms with Crippen molar-refractivity contribution in [1.82, 2.24) is 10.2 Å². The maximum Gasteiger partial charge on any atom is 0.318 e. The van der Waals surface area contributed by atoms with Gasteiger partial charge >= 0.3 is 6.03 Å². The van der Waals surface area contributed by atoms with Crippen LogP contribution in [-0.2, 0) is 11.4 Å². The molecule has 0 radical (unpaired) electrons. The Hall–Kier alpha value is -2.82. The summed E-state index contributed by atoms with van der Waals surface area (Å²) < 4.78 is 0. The lowest BCUT2D eigenvalue weighted by molar-refractivity contribution is 0.0586. The van der Waals surface area contributed by atoms with Gasteiger partial charge in [0.25, 0.3) is 0 Å². The average molecular weight is 351 g/mol. The Kier molecular flexibility index (Phi) is 5.89. The normalized spacial score (nSPS) is 16.1. The van der Waals surface area contributed by atoms with Gasteiger partial charge in [0.2, 0.25) is 0 Å². The Morgan fingerprint density at radius 1 is 1.15 bits per heavy atom. The van der Waals surface area contributed by atoms with Gasteiger partial charge in [0.05, 0.1) is 12.3 Å². The number of amides is 2. The standard InChI is InChI=1S/C21H25N3O2/c1-16(2)22-21(25)24(14-17-9-5-3-6-10-17)15-19-13-20(23-26-19)18-11-7-4-8-12-18/h3-12,16,19H,13-15H2,1-2H3,(H,22,25)/t19-/m0/s1. The second kappa shape index (κ2) is 8.52. The number of nitrogens with zero attached hydrogens (tertiary/aromatic N) is 2. The molecule has 5 heteroatoms. The van der Waals surface area contributed by atoms with Crippen LogP contribution >= 0.6 is 0 Å². The molecule has 26 heavy (non-hydrogen) atoms. The number of oxime groups is 1. The molecule has 0 aliphatic carbocycles. The molecule has 0 unspecified atom stereocenters. The van der Waals surface area contributed by atoms with Crippen LogP contribution in [0, 0.1) is 0 Å². The van der Waals surface area contributed by atoms with Crippen molar-refractivity contribution in [2.45, 2.75) is 39.0 Å². The van der Waals surface area contributed by atoms with Crippen molar-refractivity contribution in [1.29, 1.82) is 0 Å². The van der Waals surface area contributed by atoms with Gasteiger partial charge in [0.15, 0.2) is 6.10 Å². The van der Waals surface area contributed by atoms with Gasteiger partial charge in [-0.3, -0.25) is 0 Å². The van der Waals surface area contributed by atoms with Crippen molar-refractivity contribution in [2.75, 3.05) is 6.54 Å². The van der Waals surface area contributed by atoms with Gasteiger partial charge in [-0.05, 0) is 25.0 Å². The minimum absolute atomic E-state index is 0.0828. The van der Waals surface area contributed by atoms with E-state index in [1.54, 1.807) is 4.90 Å². The van der Waals surface area contributed by atoms with E-state index in [-0.39, 0.29) is 18.2 Å². The van der Waals surface area contributed by atoms with E-state index in [0.717, 1.165) is 16.8 Å². The molecule has 0 aromatic heterocycles. The van der Waals surface area contributed by atoms with E-state index >= 15 is 0 Å². The SMILES string of the molecule is CC(C)NC(=O)N(Cc1ccccc1)C[C@@H]1CC(c2ccccc2)=NO1. The molecule has 1 atom stereocenters. The highest BCUT2D eigenvalue weighted by atomic mass is 16.6. The molecule has 5 nitrogen and oxygen atoms in total. The first-order valence-electron chi connectivity index (χ1n) is 8.99. The third kappa shape index (κ3) is 4.85. The van der Waals surface area contributed by atoms with E-state index in [2.05, 4.69) is 10.5 Å². The molecule has 0 fully saturated rings. The first kappa shape index (κ1) is 18.0. The van der Waals surface area contributed by atoms with Crippen molar-refractivity contribution < 1.29 is 9.63 Å². The monoisotopic (exact) mass is 351 g/mol. The third-order valence-electron chi connectivity index (χ3n) is 4.18. The van der Waals surface area contributed by atoms with E-state index in [4.69, 9.17) is 4.84 Å². The molecule has 1 N–H and O–H groups in total. The lowest BCUT2D eigenvalue weighted by atomic mass is 10.0. The van der Waals surface area contributed by atoms with Crippen molar-refractivity contribution in [3.63, 3.8) is 0 Å². The number of benzene rings is 2. The summed E-state index contributed by atoms with van der Waals surface area (Å²) in [4.78, 5) is 20.0. The highest BCUT2D eigenvalue weighted by Gasteiger charge is 2.27. The fourth-order valence-corrected chi connectivity index (χ4v) is 2.93. The molecule has 0 saturated heterocycles. The van der Waals surface area contributed by atoms with Crippen molar-refractivity contribution in [3.05, 3.63) is 71.8 Å². The Morgan fingerprint density at radius 2 is 1.81 bits per heavy atom. The molecular weight excluding hydrogens is 326 g/mol. The highest BCUT2D eigenvalue weighted by molar-refractivity contribution is 6.01. The Morgan fingerprint density at radius 3 is 2.46 bits per heavy atom. The third-order valence-corrected chi connectivity index (χ3v) is 4.18. The Balaban J connectivity index is 1.65. The predicted octanol–water partition coefficient (Wildman–Crippen LogP) is 3.80. The highest BCUT2D eigenvalue weighted by Crippen LogP contribution is 2.18. The number of urea groups is 1. The van der Waals surface area contributed by atoms with Gasteiger partial charge in [-0.2, -0.15) is 0 Å².